The highest BCUT2D eigenvalue weighted by atomic mass is 16.3. The number of fused-ring (bicyclic) bond motifs is 1. The summed E-state index contributed by atoms with van der Waals surface area (Å²) in [6.07, 6.45) is 9.05. The number of aliphatic hydroxyl groups excluding tert-OH is 1. The van der Waals surface area contributed by atoms with E-state index < -0.39 is 0 Å². The molecular weight excluding hydrogens is 366 g/mol. The van der Waals surface area contributed by atoms with Crippen LogP contribution in [0.15, 0.2) is 36.0 Å². The van der Waals surface area contributed by atoms with E-state index in [1.54, 1.807) is 11.1 Å². The molecule has 0 unspecified atom stereocenters. The fourth-order valence-electron chi connectivity index (χ4n) is 8.13. The summed E-state index contributed by atoms with van der Waals surface area (Å²) in [5, 5.41) is 13.1. The van der Waals surface area contributed by atoms with Gasteiger partial charge in [0.05, 0.1) is 6.10 Å². The van der Waals surface area contributed by atoms with Crippen molar-refractivity contribution in [2.24, 2.45) is 34.5 Å². The smallest absolute Gasteiger partial charge is 0.0607 e. The number of aromatic amines is 1. The van der Waals surface area contributed by atoms with Crippen LogP contribution >= 0.6 is 0 Å². The van der Waals surface area contributed by atoms with Crippen LogP contribution in [0.1, 0.15) is 78.7 Å². The lowest BCUT2D eigenvalue weighted by Gasteiger charge is -2.67. The first-order chi connectivity index (χ1) is 14.3. The highest BCUT2D eigenvalue weighted by Crippen LogP contribution is 2.71. The minimum atomic E-state index is -0.180. The number of aromatic nitrogens is 1. The Morgan fingerprint density at radius 3 is 2.60 bits per heavy atom. The first-order valence-electron chi connectivity index (χ1n) is 12.3. The van der Waals surface area contributed by atoms with E-state index in [1.807, 2.05) is 0 Å². The van der Waals surface area contributed by atoms with E-state index in [1.165, 1.54) is 35.7 Å². The lowest BCUT2D eigenvalue weighted by molar-refractivity contribution is -0.195. The molecule has 2 nitrogen and oxygen atoms in total. The van der Waals surface area contributed by atoms with E-state index in [0.717, 1.165) is 19.3 Å². The molecule has 1 spiro atoms. The number of allylic oxidation sites excluding steroid dienone is 2. The zero-order chi connectivity index (χ0) is 21.3. The molecule has 2 fully saturated rings. The molecule has 2 heteroatoms. The average Bonchev–Trinajstić information content (AvgIpc) is 3.16. The molecule has 0 aliphatic heterocycles. The molecular formula is C28H39NO. The van der Waals surface area contributed by atoms with Crippen molar-refractivity contribution in [2.45, 2.75) is 79.2 Å². The van der Waals surface area contributed by atoms with E-state index in [2.05, 4.69) is 70.1 Å². The van der Waals surface area contributed by atoms with Gasteiger partial charge in [0.2, 0.25) is 0 Å². The van der Waals surface area contributed by atoms with Crippen molar-refractivity contribution in [3.05, 3.63) is 41.6 Å². The van der Waals surface area contributed by atoms with Crippen LogP contribution in [0.25, 0.3) is 16.5 Å². The molecule has 0 radical (unpaired) electrons. The molecule has 1 heterocycles. The molecule has 3 aliphatic rings. The summed E-state index contributed by atoms with van der Waals surface area (Å²) in [5.74, 6) is 2.28. The average molecular weight is 406 g/mol. The Morgan fingerprint density at radius 1 is 1.07 bits per heavy atom. The zero-order valence-electron chi connectivity index (χ0n) is 19.5. The summed E-state index contributed by atoms with van der Waals surface area (Å²) in [5.41, 5.74) is 6.08. The predicted molar refractivity (Wildman–Crippen MR) is 126 cm³/mol. The van der Waals surface area contributed by atoms with Gasteiger partial charge in [-0.3, -0.25) is 0 Å². The van der Waals surface area contributed by atoms with E-state index in [0.29, 0.717) is 23.7 Å². The number of para-hydroxylation sites is 1. The molecule has 0 amide bonds. The summed E-state index contributed by atoms with van der Waals surface area (Å²) in [4.78, 5) is 3.56. The largest absolute Gasteiger partial charge is 0.393 e. The van der Waals surface area contributed by atoms with Crippen LogP contribution in [0.3, 0.4) is 0 Å². The quantitative estimate of drug-likeness (QED) is 0.544. The maximum Gasteiger partial charge on any atom is 0.0607 e. The third-order valence-corrected chi connectivity index (χ3v) is 9.90. The van der Waals surface area contributed by atoms with Gasteiger partial charge in [-0.25, -0.2) is 0 Å². The van der Waals surface area contributed by atoms with Crippen molar-refractivity contribution < 1.29 is 5.11 Å². The minimum absolute atomic E-state index is 0.00836. The highest BCUT2D eigenvalue weighted by Gasteiger charge is 2.65. The monoisotopic (exact) mass is 405 g/mol. The number of nitrogens with one attached hydrogen (secondary N) is 1. The number of H-pyrrole nitrogens is 1. The van der Waals surface area contributed by atoms with Crippen LogP contribution in [0.5, 0.6) is 0 Å². The van der Waals surface area contributed by atoms with Gasteiger partial charge < -0.3 is 10.1 Å². The lowest BCUT2D eigenvalue weighted by atomic mass is 9.37. The maximum absolute atomic E-state index is 11.7. The maximum atomic E-state index is 11.7. The molecule has 1 aromatic carbocycles. The third-order valence-electron chi connectivity index (χ3n) is 9.90. The number of benzene rings is 1. The van der Waals surface area contributed by atoms with Crippen molar-refractivity contribution in [3.63, 3.8) is 0 Å². The van der Waals surface area contributed by atoms with E-state index >= 15 is 0 Å². The van der Waals surface area contributed by atoms with Gasteiger partial charge in [-0.2, -0.15) is 0 Å². The summed E-state index contributed by atoms with van der Waals surface area (Å²) in [6.45, 7) is 12.2. The Kier molecular flexibility index (Phi) is 4.74. The highest BCUT2D eigenvalue weighted by molar-refractivity contribution is 5.94. The van der Waals surface area contributed by atoms with Crippen molar-refractivity contribution in [1.29, 1.82) is 0 Å². The zero-order valence-corrected chi connectivity index (χ0v) is 19.5. The van der Waals surface area contributed by atoms with Gasteiger partial charge >= 0.3 is 0 Å². The van der Waals surface area contributed by atoms with E-state index in [9.17, 15) is 5.11 Å². The molecule has 0 bridgehead atoms. The van der Waals surface area contributed by atoms with Crippen molar-refractivity contribution >= 4 is 16.5 Å². The van der Waals surface area contributed by atoms with Crippen LogP contribution in [0.4, 0.5) is 0 Å². The van der Waals surface area contributed by atoms with Crippen LogP contribution in [-0.4, -0.2) is 16.2 Å². The van der Waals surface area contributed by atoms with Gasteiger partial charge in [0.1, 0.15) is 0 Å². The normalized spacial score (nSPS) is 39.3. The number of hydrogen-bond acceptors (Lipinski definition) is 1. The molecule has 30 heavy (non-hydrogen) atoms. The first-order valence-corrected chi connectivity index (χ1v) is 12.3. The summed E-state index contributed by atoms with van der Waals surface area (Å²) < 4.78 is 0. The van der Waals surface area contributed by atoms with Crippen LogP contribution in [0.2, 0.25) is 0 Å². The Hall–Kier alpha value is -1.54. The number of aliphatic hydroxyl groups is 1. The van der Waals surface area contributed by atoms with Gasteiger partial charge in [0.25, 0.3) is 0 Å². The van der Waals surface area contributed by atoms with Crippen molar-refractivity contribution in [3.8, 4) is 0 Å². The predicted octanol–water partition coefficient (Wildman–Crippen LogP) is 7.20. The second kappa shape index (κ2) is 6.99. The standard InChI is InChI=1S/C28H39NO/c1-17(2)20-13-15-28-24(30)11-10-19(4)27(28,5)14-12-18(3)26(28)25(20)22-16-29-23-9-7-6-8-21(22)23/h6-9,16-19,24,26,29-30H,10-15H2,1-5H3/t18-,19-,24-,26+,27+,28+/m1/s1. The van der Waals surface area contributed by atoms with Crippen LogP contribution < -0.4 is 0 Å². The van der Waals surface area contributed by atoms with E-state index in [4.69, 9.17) is 0 Å². The molecule has 3 aliphatic carbocycles. The Labute approximate surface area is 182 Å². The third kappa shape index (κ3) is 2.52. The lowest BCUT2D eigenvalue weighted by Crippen LogP contribution is -2.63. The summed E-state index contributed by atoms with van der Waals surface area (Å²) in [6, 6.07) is 8.76. The van der Waals surface area contributed by atoms with Gasteiger partial charge in [0.15, 0.2) is 0 Å². The Balaban J connectivity index is 1.79. The fraction of sp³-hybridized carbons (Fsp3) is 0.643. The van der Waals surface area contributed by atoms with Gasteiger partial charge in [-0.1, -0.05) is 58.4 Å². The topological polar surface area (TPSA) is 36.0 Å². The molecule has 2 saturated carbocycles. The number of hydrogen-bond donors (Lipinski definition) is 2. The minimum Gasteiger partial charge on any atom is -0.393 e. The van der Waals surface area contributed by atoms with E-state index in [-0.39, 0.29) is 16.9 Å². The SMILES string of the molecule is CC(C)C1=C(c2c[nH]c3ccccc23)[C@@H]2[C@H](C)CC[C@@]3(C)[C@H](C)CC[C@@H](O)[C@@]23CC1. The number of rotatable bonds is 2. The molecule has 0 saturated heterocycles. The van der Waals surface area contributed by atoms with Crippen molar-refractivity contribution in [1.82, 2.24) is 4.98 Å². The van der Waals surface area contributed by atoms with Crippen LogP contribution in [0, 0.1) is 34.5 Å². The Bertz CT molecular complexity index is 983. The summed E-state index contributed by atoms with van der Waals surface area (Å²) >= 11 is 0. The molecule has 2 aromatic rings. The molecule has 162 valence electrons. The van der Waals surface area contributed by atoms with Gasteiger partial charge in [-0.15, -0.1) is 0 Å². The second-order valence-corrected chi connectivity index (χ2v) is 11.3. The molecule has 6 atom stereocenters. The molecule has 1 aromatic heterocycles. The first kappa shape index (κ1) is 20.4. The second-order valence-electron chi connectivity index (χ2n) is 11.3. The van der Waals surface area contributed by atoms with Gasteiger partial charge in [-0.05, 0) is 79.3 Å². The van der Waals surface area contributed by atoms with Crippen LogP contribution in [-0.2, 0) is 0 Å². The van der Waals surface area contributed by atoms with Gasteiger partial charge in [0, 0.05) is 28.1 Å². The Morgan fingerprint density at radius 2 is 1.83 bits per heavy atom. The fourth-order valence-corrected chi connectivity index (χ4v) is 8.13. The molecule has 5 rings (SSSR count). The van der Waals surface area contributed by atoms with Crippen molar-refractivity contribution in [2.75, 3.05) is 0 Å². The summed E-state index contributed by atoms with van der Waals surface area (Å²) in [7, 11) is 0. The molecule has 2 N–H and O–H groups in total.